The Morgan fingerprint density at radius 1 is 1.18 bits per heavy atom. The van der Waals surface area contributed by atoms with Gasteiger partial charge >= 0.3 is 6.03 Å². The molecule has 0 radical (unpaired) electrons. The fourth-order valence-corrected chi connectivity index (χ4v) is 5.40. The Bertz CT molecular complexity index is 944. The van der Waals surface area contributed by atoms with Crippen molar-refractivity contribution in [2.24, 2.45) is 17.8 Å². The van der Waals surface area contributed by atoms with Gasteiger partial charge in [0, 0.05) is 24.5 Å². The summed E-state index contributed by atoms with van der Waals surface area (Å²) in [5.41, 5.74) is 5.32. The summed E-state index contributed by atoms with van der Waals surface area (Å²) in [5.74, 6) is -0.0911. The molecule has 2 aliphatic heterocycles. The van der Waals surface area contributed by atoms with Crippen molar-refractivity contribution in [1.82, 2.24) is 25.6 Å². The Hall–Kier alpha value is -2.87. The van der Waals surface area contributed by atoms with Crippen molar-refractivity contribution in [3.8, 4) is 0 Å². The van der Waals surface area contributed by atoms with Crippen LogP contribution in [0.4, 0.5) is 4.79 Å². The van der Waals surface area contributed by atoms with E-state index in [1.807, 2.05) is 47.9 Å². The summed E-state index contributed by atoms with van der Waals surface area (Å²) in [7, 11) is 0. The first-order chi connectivity index (χ1) is 16.2. The lowest BCUT2D eigenvalue weighted by molar-refractivity contribution is -0.159. The van der Waals surface area contributed by atoms with Gasteiger partial charge in [-0.3, -0.25) is 19.5 Å². The van der Waals surface area contributed by atoms with E-state index in [9.17, 15) is 14.4 Å². The van der Waals surface area contributed by atoms with Gasteiger partial charge in [0.1, 0.15) is 0 Å². The van der Waals surface area contributed by atoms with E-state index in [2.05, 4.69) is 31.2 Å². The van der Waals surface area contributed by atoms with Crippen molar-refractivity contribution in [1.29, 1.82) is 0 Å². The van der Waals surface area contributed by atoms with E-state index >= 15 is 0 Å². The molecule has 3 fully saturated rings. The van der Waals surface area contributed by atoms with E-state index in [1.165, 1.54) is 0 Å². The van der Waals surface area contributed by atoms with Crippen LogP contribution >= 0.6 is 0 Å². The highest BCUT2D eigenvalue weighted by Gasteiger charge is 2.56. The van der Waals surface area contributed by atoms with Crippen molar-refractivity contribution < 1.29 is 14.4 Å². The molecular weight excluding hydrogens is 430 g/mol. The second-order valence-electron chi connectivity index (χ2n) is 10.5. The van der Waals surface area contributed by atoms with Crippen LogP contribution in [0.25, 0.3) is 6.08 Å². The normalized spacial score (nSPS) is 26.7. The molecule has 4 atom stereocenters. The Morgan fingerprint density at radius 2 is 1.88 bits per heavy atom. The lowest BCUT2D eigenvalue weighted by atomic mass is 9.75. The van der Waals surface area contributed by atoms with Crippen molar-refractivity contribution in [3.63, 3.8) is 0 Å². The molecule has 1 aliphatic carbocycles. The highest BCUT2D eigenvalue weighted by Crippen LogP contribution is 2.40. The van der Waals surface area contributed by atoms with E-state index in [0.717, 1.165) is 11.1 Å². The fraction of sp³-hybridized carbons (Fsp3) is 0.577. The van der Waals surface area contributed by atoms with Gasteiger partial charge in [0.05, 0.1) is 12.5 Å². The van der Waals surface area contributed by atoms with Crippen LogP contribution in [-0.4, -0.2) is 57.6 Å². The molecule has 184 valence electrons. The number of carbonyl (C=O) groups excluding carboxylic acids is 3. The van der Waals surface area contributed by atoms with Crippen molar-refractivity contribution in [2.75, 3.05) is 6.54 Å². The van der Waals surface area contributed by atoms with Gasteiger partial charge in [-0.1, -0.05) is 50.8 Å². The quantitative estimate of drug-likeness (QED) is 0.645. The van der Waals surface area contributed by atoms with E-state index < -0.39 is 6.29 Å². The number of hydrogen-bond acceptors (Lipinski definition) is 4. The van der Waals surface area contributed by atoms with Crippen LogP contribution < -0.4 is 10.7 Å². The molecular formula is C26H37N5O3. The molecule has 8 nitrogen and oxygen atoms in total. The van der Waals surface area contributed by atoms with Gasteiger partial charge < -0.3 is 10.2 Å². The number of amides is 4. The molecule has 1 aromatic carbocycles. The van der Waals surface area contributed by atoms with Crippen molar-refractivity contribution in [2.45, 2.75) is 71.9 Å². The average molecular weight is 468 g/mol. The van der Waals surface area contributed by atoms with Crippen molar-refractivity contribution in [3.05, 3.63) is 42.0 Å². The Kier molecular flexibility index (Phi) is 6.98. The molecule has 4 amide bonds. The van der Waals surface area contributed by atoms with Crippen molar-refractivity contribution >= 4 is 23.9 Å². The van der Waals surface area contributed by atoms with Crippen LogP contribution in [0, 0.1) is 17.8 Å². The van der Waals surface area contributed by atoms with Gasteiger partial charge in [-0.25, -0.2) is 4.79 Å². The number of urea groups is 1. The maximum atomic E-state index is 13.6. The minimum absolute atomic E-state index is 0.0147. The van der Waals surface area contributed by atoms with E-state index in [0.29, 0.717) is 32.4 Å². The molecule has 0 aromatic heterocycles. The number of hydrazine groups is 1. The smallest absolute Gasteiger partial charge is 0.337 e. The highest BCUT2D eigenvalue weighted by atomic mass is 16.2. The predicted octanol–water partition coefficient (Wildman–Crippen LogP) is 3.16. The summed E-state index contributed by atoms with van der Waals surface area (Å²) in [4.78, 5) is 43.6. The first-order valence-corrected chi connectivity index (χ1v) is 12.4. The molecule has 8 heteroatoms. The minimum Gasteiger partial charge on any atom is -0.354 e. The maximum absolute atomic E-state index is 13.6. The van der Waals surface area contributed by atoms with E-state index in [-0.39, 0.29) is 47.7 Å². The topological polar surface area (TPSA) is 85.0 Å². The van der Waals surface area contributed by atoms with Gasteiger partial charge in [0.25, 0.3) is 0 Å². The predicted molar refractivity (Wildman–Crippen MR) is 131 cm³/mol. The molecule has 1 aromatic rings. The summed E-state index contributed by atoms with van der Waals surface area (Å²) in [6, 6.07) is 7.54. The van der Waals surface area contributed by atoms with Gasteiger partial charge in [-0.05, 0) is 50.2 Å². The van der Waals surface area contributed by atoms with Crippen LogP contribution in [0.1, 0.15) is 58.1 Å². The maximum Gasteiger partial charge on any atom is 0.337 e. The monoisotopic (exact) mass is 467 g/mol. The number of benzene rings is 1. The zero-order valence-electron chi connectivity index (χ0n) is 20.7. The molecule has 4 rings (SSSR count). The molecule has 1 saturated carbocycles. The van der Waals surface area contributed by atoms with Gasteiger partial charge in [0.15, 0.2) is 6.29 Å². The lowest BCUT2D eigenvalue weighted by Gasteiger charge is -2.50. The molecule has 2 N–H and O–H groups in total. The second kappa shape index (κ2) is 9.78. The SMILES string of the molecule is C=Cc1ccc(CN2NC3N(CC(C)C)C(=O)C4CCC(C(=O)NC(C)C)CC4N3C2=O)cc1. The second-order valence-corrected chi connectivity index (χ2v) is 10.5. The minimum atomic E-state index is -0.525. The third kappa shape index (κ3) is 4.69. The molecule has 2 saturated heterocycles. The van der Waals surface area contributed by atoms with Crippen LogP contribution in [0.2, 0.25) is 0 Å². The summed E-state index contributed by atoms with van der Waals surface area (Å²) in [5, 5.41) is 4.61. The summed E-state index contributed by atoms with van der Waals surface area (Å²) < 4.78 is 0. The average Bonchev–Trinajstić information content (AvgIpc) is 3.12. The Morgan fingerprint density at radius 3 is 2.50 bits per heavy atom. The third-order valence-electron chi connectivity index (χ3n) is 6.98. The molecule has 0 bridgehead atoms. The summed E-state index contributed by atoms with van der Waals surface area (Å²) in [6.45, 7) is 12.8. The standard InChI is InChI=1S/C26H37N5O3/c1-6-18-7-9-19(10-8-18)15-30-26(34)31-22-13-20(23(32)27-17(4)5)11-12-21(22)24(33)29(14-16(2)3)25(31)28-30/h6-10,16-17,20-22,25,28H,1,11-15H2,2-5H3,(H,27,32). The van der Waals surface area contributed by atoms with Gasteiger partial charge in [-0.15, -0.1) is 0 Å². The summed E-state index contributed by atoms with van der Waals surface area (Å²) in [6.07, 6.45) is 3.06. The highest BCUT2D eigenvalue weighted by molar-refractivity contribution is 5.87. The zero-order valence-corrected chi connectivity index (χ0v) is 20.7. The van der Waals surface area contributed by atoms with Crippen LogP contribution in [-0.2, 0) is 16.1 Å². The first kappa shape index (κ1) is 24.3. The Balaban J connectivity index is 1.59. The Labute approximate surface area is 202 Å². The number of nitrogens with one attached hydrogen (secondary N) is 2. The zero-order chi connectivity index (χ0) is 24.6. The molecule has 3 aliphatic rings. The van der Waals surface area contributed by atoms with Crippen LogP contribution in [0.5, 0.6) is 0 Å². The fourth-order valence-electron chi connectivity index (χ4n) is 5.40. The van der Waals surface area contributed by atoms with Gasteiger partial charge in [0.2, 0.25) is 11.8 Å². The number of carbonyl (C=O) groups is 3. The van der Waals surface area contributed by atoms with E-state index in [1.54, 1.807) is 11.1 Å². The van der Waals surface area contributed by atoms with Gasteiger partial charge in [-0.2, -0.15) is 5.43 Å². The lowest BCUT2D eigenvalue weighted by Crippen LogP contribution is -2.67. The molecule has 2 heterocycles. The molecule has 4 unspecified atom stereocenters. The van der Waals surface area contributed by atoms with E-state index in [4.69, 9.17) is 0 Å². The van der Waals surface area contributed by atoms with Crippen LogP contribution in [0.15, 0.2) is 30.8 Å². The first-order valence-electron chi connectivity index (χ1n) is 12.4. The third-order valence-corrected chi connectivity index (χ3v) is 6.98. The largest absolute Gasteiger partial charge is 0.354 e. The number of hydrogen-bond donors (Lipinski definition) is 2. The number of rotatable bonds is 7. The molecule has 0 spiro atoms. The number of fused-ring (bicyclic) bond motifs is 3. The number of nitrogens with zero attached hydrogens (tertiary/aromatic N) is 3. The summed E-state index contributed by atoms with van der Waals surface area (Å²) >= 11 is 0. The molecule has 34 heavy (non-hydrogen) atoms. The van der Waals surface area contributed by atoms with Crippen LogP contribution in [0.3, 0.4) is 0 Å².